The molecule has 2 aliphatic carbocycles. The summed E-state index contributed by atoms with van der Waals surface area (Å²) in [6.45, 7) is 6.70. The van der Waals surface area contributed by atoms with E-state index in [9.17, 15) is 0 Å². The summed E-state index contributed by atoms with van der Waals surface area (Å²) in [4.78, 5) is 2.51. The first-order chi connectivity index (χ1) is 10.2. The van der Waals surface area contributed by atoms with Crippen LogP contribution in [0.5, 0.6) is 0 Å². The molecular weight excluding hydrogens is 256 g/mol. The van der Waals surface area contributed by atoms with Gasteiger partial charge in [0.25, 0.3) is 0 Å². The quantitative estimate of drug-likeness (QED) is 0.842. The van der Waals surface area contributed by atoms with Crippen LogP contribution < -0.4 is 10.2 Å². The maximum absolute atomic E-state index is 3.55. The molecule has 2 heteroatoms. The van der Waals surface area contributed by atoms with Crippen LogP contribution in [0.4, 0.5) is 5.69 Å². The van der Waals surface area contributed by atoms with Crippen molar-refractivity contribution in [2.24, 2.45) is 17.8 Å². The maximum Gasteiger partial charge on any atom is 0.0412 e. The monoisotopic (exact) mass is 286 g/mol. The van der Waals surface area contributed by atoms with E-state index in [1.54, 1.807) is 0 Å². The van der Waals surface area contributed by atoms with Crippen LogP contribution in [0.1, 0.15) is 51.1 Å². The number of para-hydroxylation sites is 1. The third kappa shape index (κ3) is 3.11. The van der Waals surface area contributed by atoms with E-state index in [2.05, 4.69) is 55.4 Å². The second kappa shape index (κ2) is 6.39. The normalized spacial score (nSPS) is 28.8. The maximum atomic E-state index is 3.55. The van der Waals surface area contributed by atoms with Gasteiger partial charge in [-0.15, -0.1) is 0 Å². The van der Waals surface area contributed by atoms with Crippen LogP contribution in [-0.4, -0.2) is 20.1 Å². The molecule has 0 spiro atoms. The van der Waals surface area contributed by atoms with Gasteiger partial charge in [0, 0.05) is 25.3 Å². The van der Waals surface area contributed by atoms with Crippen molar-refractivity contribution in [1.82, 2.24) is 5.32 Å². The van der Waals surface area contributed by atoms with Gasteiger partial charge in [-0.2, -0.15) is 0 Å². The van der Waals surface area contributed by atoms with E-state index in [1.807, 2.05) is 0 Å². The summed E-state index contributed by atoms with van der Waals surface area (Å²) in [6, 6.07) is 9.33. The van der Waals surface area contributed by atoms with Crippen LogP contribution in [0.3, 0.4) is 0 Å². The van der Waals surface area contributed by atoms with Gasteiger partial charge in [0.1, 0.15) is 0 Å². The Morgan fingerprint density at radius 1 is 1.24 bits per heavy atom. The fourth-order valence-corrected chi connectivity index (χ4v) is 4.67. The van der Waals surface area contributed by atoms with Crippen molar-refractivity contribution < 1.29 is 0 Å². The van der Waals surface area contributed by atoms with Crippen molar-refractivity contribution in [2.45, 2.75) is 45.6 Å². The number of nitrogens with zero attached hydrogens (tertiary/aromatic N) is 1. The van der Waals surface area contributed by atoms with Gasteiger partial charge in [0.2, 0.25) is 0 Å². The van der Waals surface area contributed by atoms with Crippen LogP contribution in [0.25, 0.3) is 0 Å². The van der Waals surface area contributed by atoms with Crippen LogP contribution in [-0.2, 0) is 0 Å². The number of hydrogen-bond acceptors (Lipinski definition) is 2. The molecule has 1 N–H and O–H groups in total. The fraction of sp³-hybridized carbons (Fsp3) is 0.684. The Bertz CT molecular complexity index is 470. The highest BCUT2D eigenvalue weighted by Gasteiger charge is 2.39. The second-order valence-corrected chi connectivity index (χ2v) is 7.15. The van der Waals surface area contributed by atoms with Gasteiger partial charge in [0.15, 0.2) is 0 Å². The third-order valence-electron chi connectivity index (χ3n) is 5.72. The zero-order valence-electron chi connectivity index (χ0n) is 13.8. The Morgan fingerprint density at radius 2 is 2.05 bits per heavy atom. The molecule has 2 aliphatic rings. The number of fused-ring (bicyclic) bond motifs is 2. The summed E-state index contributed by atoms with van der Waals surface area (Å²) in [5.41, 5.74) is 2.85. The van der Waals surface area contributed by atoms with Crippen LogP contribution in [0.2, 0.25) is 0 Å². The molecule has 2 bridgehead atoms. The fourth-order valence-electron chi connectivity index (χ4n) is 4.67. The molecule has 2 nitrogen and oxygen atoms in total. The van der Waals surface area contributed by atoms with Gasteiger partial charge >= 0.3 is 0 Å². The minimum Gasteiger partial charge on any atom is -0.374 e. The average molecular weight is 286 g/mol. The van der Waals surface area contributed by atoms with Gasteiger partial charge in [-0.25, -0.2) is 0 Å². The topological polar surface area (TPSA) is 15.3 Å². The Kier molecular flexibility index (Phi) is 4.54. The van der Waals surface area contributed by atoms with E-state index >= 15 is 0 Å². The first kappa shape index (κ1) is 14.9. The van der Waals surface area contributed by atoms with E-state index in [1.165, 1.54) is 43.5 Å². The first-order valence-corrected chi connectivity index (χ1v) is 8.72. The highest BCUT2D eigenvalue weighted by Crippen LogP contribution is 2.48. The highest BCUT2D eigenvalue weighted by atomic mass is 15.1. The molecule has 116 valence electrons. The summed E-state index contributed by atoms with van der Waals surface area (Å²) in [6.07, 6.45) is 5.96. The molecule has 3 rings (SSSR count). The Hall–Kier alpha value is -1.02. The smallest absolute Gasteiger partial charge is 0.0412 e. The zero-order chi connectivity index (χ0) is 14.8. The summed E-state index contributed by atoms with van der Waals surface area (Å²) in [5, 5.41) is 3.55. The molecule has 4 atom stereocenters. The van der Waals surface area contributed by atoms with Gasteiger partial charge in [-0.05, 0) is 62.1 Å². The minimum atomic E-state index is 0.425. The zero-order valence-corrected chi connectivity index (χ0v) is 13.8. The molecule has 21 heavy (non-hydrogen) atoms. The molecule has 0 radical (unpaired) electrons. The van der Waals surface area contributed by atoms with Crippen molar-refractivity contribution in [3.63, 3.8) is 0 Å². The van der Waals surface area contributed by atoms with Crippen LogP contribution >= 0.6 is 0 Å². The molecule has 2 saturated carbocycles. The summed E-state index contributed by atoms with van der Waals surface area (Å²) in [5.74, 6) is 2.98. The van der Waals surface area contributed by atoms with Crippen molar-refractivity contribution in [3.05, 3.63) is 29.8 Å². The predicted octanol–water partition coefficient (Wildman–Crippen LogP) is 4.23. The van der Waals surface area contributed by atoms with E-state index in [0.717, 1.165) is 24.3 Å². The second-order valence-electron chi connectivity index (χ2n) is 7.15. The third-order valence-corrected chi connectivity index (χ3v) is 5.72. The lowest BCUT2D eigenvalue weighted by Crippen LogP contribution is -2.30. The molecule has 1 aromatic rings. The SMILES string of the molecule is CCNC(C)c1ccccc1N(C)CC1CC2CCC1C2. The molecular formula is C19H30N2. The van der Waals surface area contributed by atoms with E-state index in [0.29, 0.717) is 6.04 Å². The first-order valence-electron chi connectivity index (χ1n) is 8.72. The summed E-state index contributed by atoms with van der Waals surface area (Å²) in [7, 11) is 2.28. The van der Waals surface area contributed by atoms with Crippen molar-refractivity contribution >= 4 is 5.69 Å². The number of rotatable bonds is 6. The Morgan fingerprint density at radius 3 is 2.71 bits per heavy atom. The number of hydrogen-bond donors (Lipinski definition) is 1. The van der Waals surface area contributed by atoms with Crippen LogP contribution in [0.15, 0.2) is 24.3 Å². The molecule has 2 fully saturated rings. The summed E-state index contributed by atoms with van der Waals surface area (Å²) >= 11 is 0. The minimum absolute atomic E-state index is 0.425. The Labute approximate surface area is 129 Å². The number of benzene rings is 1. The lowest BCUT2D eigenvalue weighted by Gasteiger charge is -2.31. The predicted molar refractivity (Wildman–Crippen MR) is 90.7 cm³/mol. The molecule has 0 amide bonds. The molecule has 0 heterocycles. The molecule has 0 aliphatic heterocycles. The average Bonchev–Trinajstić information content (AvgIpc) is 3.10. The number of nitrogens with one attached hydrogen (secondary N) is 1. The summed E-state index contributed by atoms with van der Waals surface area (Å²) < 4.78 is 0. The van der Waals surface area contributed by atoms with Gasteiger partial charge in [-0.1, -0.05) is 31.5 Å². The van der Waals surface area contributed by atoms with Crippen LogP contribution in [0, 0.1) is 17.8 Å². The highest BCUT2D eigenvalue weighted by molar-refractivity contribution is 5.54. The lowest BCUT2D eigenvalue weighted by atomic mass is 9.88. The molecule has 0 aromatic heterocycles. The van der Waals surface area contributed by atoms with Gasteiger partial charge in [0.05, 0.1) is 0 Å². The Balaban J connectivity index is 1.70. The van der Waals surface area contributed by atoms with Gasteiger partial charge in [-0.3, -0.25) is 0 Å². The lowest BCUT2D eigenvalue weighted by molar-refractivity contribution is 0.337. The largest absolute Gasteiger partial charge is 0.374 e. The number of anilines is 1. The van der Waals surface area contributed by atoms with E-state index in [4.69, 9.17) is 0 Å². The van der Waals surface area contributed by atoms with Crippen molar-refractivity contribution in [2.75, 3.05) is 25.0 Å². The molecule has 0 saturated heterocycles. The van der Waals surface area contributed by atoms with Crippen molar-refractivity contribution in [3.8, 4) is 0 Å². The van der Waals surface area contributed by atoms with Gasteiger partial charge < -0.3 is 10.2 Å². The molecule has 1 aromatic carbocycles. The standard InChI is InChI=1S/C19H30N2/c1-4-20-14(2)18-7-5-6-8-19(18)21(3)13-17-12-15-9-10-16(17)11-15/h5-8,14-17,20H,4,9-13H2,1-3H3. The van der Waals surface area contributed by atoms with Crippen molar-refractivity contribution in [1.29, 1.82) is 0 Å². The molecule has 4 unspecified atom stereocenters. The van der Waals surface area contributed by atoms with E-state index < -0.39 is 0 Å². The van der Waals surface area contributed by atoms with E-state index in [-0.39, 0.29) is 0 Å².